The third kappa shape index (κ3) is 4.82. The minimum Gasteiger partial charge on any atom is -0.460 e. The third-order valence-corrected chi connectivity index (χ3v) is 3.29. The predicted molar refractivity (Wildman–Crippen MR) is 95.7 cm³/mol. The number of nitrogens with one attached hydrogen (secondary N) is 2. The van der Waals surface area contributed by atoms with Crippen LogP contribution in [0.25, 0.3) is 0 Å². The minimum absolute atomic E-state index is 0.0708. The van der Waals surface area contributed by atoms with E-state index in [0.29, 0.717) is 11.5 Å². The molecule has 3 aromatic rings. The SMILES string of the molecule is Cc1ccc(/C=N\NC(=O)c2ccc(C(=O)N/N=C\c3ccc(C)o3)o2)o1. The normalized spacial score (nSPS) is 11.3. The van der Waals surface area contributed by atoms with Crippen LogP contribution in [0.1, 0.15) is 44.2 Å². The maximum Gasteiger partial charge on any atom is 0.307 e. The van der Waals surface area contributed by atoms with Crippen molar-refractivity contribution in [3.05, 3.63) is 71.0 Å². The second-order valence-corrected chi connectivity index (χ2v) is 5.46. The van der Waals surface area contributed by atoms with Gasteiger partial charge in [0.05, 0.1) is 12.4 Å². The summed E-state index contributed by atoms with van der Waals surface area (Å²) in [5.41, 5.74) is 4.56. The van der Waals surface area contributed by atoms with Gasteiger partial charge in [-0.3, -0.25) is 9.59 Å². The maximum absolute atomic E-state index is 12.0. The molecule has 2 N–H and O–H groups in total. The first-order valence-corrected chi connectivity index (χ1v) is 7.91. The fourth-order valence-electron chi connectivity index (χ4n) is 2.05. The molecule has 0 aliphatic heterocycles. The van der Waals surface area contributed by atoms with Gasteiger partial charge in [0.2, 0.25) is 0 Å². The van der Waals surface area contributed by atoms with Gasteiger partial charge >= 0.3 is 11.8 Å². The van der Waals surface area contributed by atoms with Crippen molar-refractivity contribution in [2.45, 2.75) is 13.8 Å². The summed E-state index contributed by atoms with van der Waals surface area (Å²) in [6.07, 6.45) is 2.71. The molecule has 0 unspecified atom stereocenters. The number of hydrogen-bond donors (Lipinski definition) is 2. The van der Waals surface area contributed by atoms with Crippen LogP contribution in [-0.4, -0.2) is 24.2 Å². The number of hydrogen-bond acceptors (Lipinski definition) is 7. The van der Waals surface area contributed by atoms with E-state index in [9.17, 15) is 9.59 Å². The first kappa shape index (κ1) is 17.9. The van der Waals surface area contributed by atoms with E-state index in [0.717, 1.165) is 11.5 Å². The molecule has 0 atom stereocenters. The summed E-state index contributed by atoms with van der Waals surface area (Å²) in [6.45, 7) is 3.59. The number of amides is 2. The van der Waals surface area contributed by atoms with Crippen molar-refractivity contribution >= 4 is 24.2 Å². The van der Waals surface area contributed by atoms with E-state index in [-0.39, 0.29) is 11.5 Å². The maximum atomic E-state index is 12.0. The quantitative estimate of drug-likeness (QED) is 0.511. The van der Waals surface area contributed by atoms with Crippen LogP contribution >= 0.6 is 0 Å². The molecule has 0 fully saturated rings. The van der Waals surface area contributed by atoms with Gasteiger partial charge in [0.15, 0.2) is 11.5 Å². The van der Waals surface area contributed by atoms with Crippen molar-refractivity contribution < 1.29 is 22.8 Å². The second-order valence-electron chi connectivity index (χ2n) is 5.46. The van der Waals surface area contributed by atoms with Crippen LogP contribution in [0, 0.1) is 13.8 Å². The fraction of sp³-hybridized carbons (Fsp3) is 0.111. The van der Waals surface area contributed by atoms with E-state index >= 15 is 0 Å². The topological polar surface area (TPSA) is 122 Å². The Morgan fingerprint density at radius 1 is 0.741 bits per heavy atom. The smallest absolute Gasteiger partial charge is 0.307 e. The molecule has 9 nitrogen and oxygen atoms in total. The van der Waals surface area contributed by atoms with Gasteiger partial charge in [0, 0.05) is 0 Å². The molecule has 3 heterocycles. The number of hydrazone groups is 2. The van der Waals surface area contributed by atoms with Crippen LogP contribution in [0.15, 0.2) is 59.9 Å². The lowest BCUT2D eigenvalue weighted by Gasteiger charge is -1.96. The molecule has 9 heteroatoms. The molecule has 0 saturated carbocycles. The Labute approximate surface area is 153 Å². The van der Waals surface area contributed by atoms with Crippen molar-refractivity contribution in [3.8, 4) is 0 Å². The standard InChI is InChI=1S/C18H16N4O5/c1-11-3-5-13(25-11)9-19-21-17(23)15-7-8-16(27-15)18(24)22-20-10-14-6-4-12(2)26-14/h3-10H,1-2H3,(H,21,23)(H,22,24)/b19-9-,20-10-. The van der Waals surface area contributed by atoms with Crippen molar-refractivity contribution in [1.29, 1.82) is 0 Å². The highest BCUT2D eigenvalue weighted by Gasteiger charge is 2.15. The van der Waals surface area contributed by atoms with Crippen molar-refractivity contribution in [2.24, 2.45) is 10.2 Å². The van der Waals surface area contributed by atoms with Gasteiger partial charge in [-0.2, -0.15) is 10.2 Å². The van der Waals surface area contributed by atoms with E-state index in [1.54, 1.807) is 38.1 Å². The molecule has 2 amide bonds. The van der Waals surface area contributed by atoms with E-state index in [1.807, 2.05) is 0 Å². The molecule has 0 spiro atoms. The number of rotatable bonds is 6. The number of carbonyl (C=O) groups is 2. The van der Waals surface area contributed by atoms with Crippen LogP contribution in [0.3, 0.4) is 0 Å². The van der Waals surface area contributed by atoms with Gasteiger partial charge in [0.1, 0.15) is 23.0 Å². The number of furan rings is 3. The minimum atomic E-state index is -0.608. The molecule has 3 rings (SSSR count). The number of nitrogens with zero attached hydrogens (tertiary/aromatic N) is 2. The monoisotopic (exact) mass is 368 g/mol. The highest BCUT2D eigenvalue weighted by atomic mass is 16.4. The van der Waals surface area contributed by atoms with Gasteiger partial charge in [0.25, 0.3) is 0 Å². The molecular weight excluding hydrogens is 352 g/mol. The van der Waals surface area contributed by atoms with Gasteiger partial charge in [-0.05, 0) is 50.2 Å². The van der Waals surface area contributed by atoms with Crippen molar-refractivity contribution in [1.82, 2.24) is 10.9 Å². The van der Waals surface area contributed by atoms with Gasteiger partial charge in [-0.25, -0.2) is 10.9 Å². The number of aryl methyl sites for hydroxylation is 2. The zero-order valence-corrected chi connectivity index (χ0v) is 14.6. The van der Waals surface area contributed by atoms with Gasteiger partial charge < -0.3 is 13.3 Å². The second kappa shape index (κ2) is 8.00. The van der Waals surface area contributed by atoms with Crippen molar-refractivity contribution in [2.75, 3.05) is 0 Å². The summed E-state index contributed by atoms with van der Waals surface area (Å²) in [5, 5.41) is 7.52. The van der Waals surface area contributed by atoms with Gasteiger partial charge in [-0.1, -0.05) is 0 Å². The molecule has 0 radical (unpaired) electrons. The summed E-state index contributed by atoms with van der Waals surface area (Å²) in [4.78, 5) is 23.9. The number of carbonyl (C=O) groups excluding carboxylic acids is 2. The van der Waals surface area contributed by atoms with E-state index in [4.69, 9.17) is 13.3 Å². The van der Waals surface area contributed by atoms with E-state index < -0.39 is 11.8 Å². The molecule has 27 heavy (non-hydrogen) atoms. The van der Waals surface area contributed by atoms with Crippen LogP contribution in [0.2, 0.25) is 0 Å². The van der Waals surface area contributed by atoms with Crippen LogP contribution < -0.4 is 10.9 Å². The van der Waals surface area contributed by atoms with E-state index in [1.165, 1.54) is 24.6 Å². The van der Waals surface area contributed by atoms with Crippen molar-refractivity contribution in [3.63, 3.8) is 0 Å². The van der Waals surface area contributed by atoms with Gasteiger partial charge in [-0.15, -0.1) is 0 Å². The summed E-state index contributed by atoms with van der Waals surface area (Å²) in [5.74, 6) is 1.10. The molecule has 0 saturated heterocycles. The molecule has 0 aliphatic rings. The molecule has 3 aromatic heterocycles. The average molecular weight is 368 g/mol. The van der Waals surface area contributed by atoms with Crippen LogP contribution in [0.5, 0.6) is 0 Å². The Hall–Kier alpha value is -3.88. The summed E-state index contributed by atoms with van der Waals surface area (Å²) in [6, 6.07) is 9.69. The first-order chi connectivity index (χ1) is 13.0. The molecular formula is C18H16N4O5. The predicted octanol–water partition coefficient (Wildman–Crippen LogP) is 2.61. The Balaban J connectivity index is 1.53. The Bertz CT molecular complexity index is 930. The largest absolute Gasteiger partial charge is 0.460 e. The lowest BCUT2D eigenvalue weighted by atomic mass is 10.4. The van der Waals surface area contributed by atoms with Crippen LogP contribution in [0.4, 0.5) is 0 Å². The summed E-state index contributed by atoms with van der Waals surface area (Å²) in [7, 11) is 0. The highest BCUT2D eigenvalue weighted by molar-refractivity contribution is 5.96. The van der Waals surface area contributed by atoms with E-state index in [2.05, 4.69) is 21.1 Å². The molecule has 0 aliphatic carbocycles. The van der Waals surface area contributed by atoms with Crippen LogP contribution in [-0.2, 0) is 0 Å². The molecule has 0 bridgehead atoms. The third-order valence-electron chi connectivity index (χ3n) is 3.29. The Kier molecular flexibility index (Phi) is 5.31. The fourth-order valence-corrected chi connectivity index (χ4v) is 2.05. The summed E-state index contributed by atoms with van der Waals surface area (Å²) < 4.78 is 15.8. The first-order valence-electron chi connectivity index (χ1n) is 7.91. The lowest BCUT2D eigenvalue weighted by Crippen LogP contribution is -2.18. The Morgan fingerprint density at radius 2 is 1.19 bits per heavy atom. The highest BCUT2D eigenvalue weighted by Crippen LogP contribution is 2.08. The zero-order valence-electron chi connectivity index (χ0n) is 14.6. The average Bonchev–Trinajstić information content (AvgIpc) is 3.36. The summed E-state index contributed by atoms with van der Waals surface area (Å²) >= 11 is 0. The molecule has 0 aromatic carbocycles. The zero-order chi connectivity index (χ0) is 19.2. The molecule has 138 valence electrons. The lowest BCUT2D eigenvalue weighted by molar-refractivity contribution is 0.0902. The Morgan fingerprint density at radius 3 is 1.56 bits per heavy atom.